The summed E-state index contributed by atoms with van der Waals surface area (Å²) < 4.78 is 0. The summed E-state index contributed by atoms with van der Waals surface area (Å²) in [4.78, 5) is 50.9. The van der Waals surface area contributed by atoms with Crippen molar-refractivity contribution in [1.29, 1.82) is 0 Å². The standard InChI is InChI=1S/C27H43N5O6/c1-16(33)22(12-13-28)31-27(38)25(17(2)34)32-26(37)23(14-18-8-10-20(35)11-9-18)30-24(36)15-21(29)19-6-4-3-5-7-19/h8-11,17,19,21-23,25,34-35H,3-7,12-15,28-29H2,1-2H3,(H,30,36)(H,31,38)(H,32,37)/t17?,21?,22-,23-,25-/m0/s1. The SMILES string of the molecule is CC(=O)[C@H](CCN)NC(=O)[C@@H](NC(=O)[C@H](Cc1ccc(O)cc1)NC(=O)CC(N)C1CCCCC1)C(C)O. The predicted molar refractivity (Wildman–Crippen MR) is 143 cm³/mol. The highest BCUT2D eigenvalue weighted by molar-refractivity contribution is 5.94. The number of nitrogens with two attached hydrogens (primary N) is 2. The van der Waals surface area contributed by atoms with Crippen molar-refractivity contribution >= 4 is 23.5 Å². The molecule has 0 spiro atoms. The van der Waals surface area contributed by atoms with Crippen LogP contribution in [0.25, 0.3) is 0 Å². The minimum absolute atomic E-state index is 0.0561. The minimum Gasteiger partial charge on any atom is -0.508 e. The largest absolute Gasteiger partial charge is 0.508 e. The Morgan fingerprint density at radius 1 is 0.974 bits per heavy atom. The van der Waals surface area contributed by atoms with Gasteiger partial charge in [0, 0.05) is 18.9 Å². The Morgan fingerprint density at radius 2 is 1.61 bits per heavy atom. The molecule has 1 aliphatic carbocycles. The third-order valence-corrected chi connectivity index (χ3v) is 7.03. The van der Waals surface area contributed by atoms with Gasteiger partial charge < -0.3 is 37.6 Å². The fourth-order valence-electron chi connectivity index (χ4n) is 4.74. The molecule has 0 heterocycles. The molecule has 2 rings (SSSR count). The number of benzene rings is 1. The summed E-state index contributed by atoms with van der Waals surface area (Å²) in [6.07, 6.45) is 4.36. The zero-order chi connectivity index (χ0) is 28.2. The number of carbonyl (C=O) groups excluding carboxylic acids is 4. The summed E-state index contributed by atoms with van der Waals surface area (Å²) in [5.74, 6) is -1.80. The Hall–Kier alpha value is -3.02. The fraction of sp³-hybridized carbons (Fsp3) is 0.630. The average Bonchev–Trinajstić information content (AvgIpc) is 2.87. The maximum Gasteiger partial charge on any atom is 0.245 e. The Morgan fingerprint density at radius 3 is 2.16 bits per heavy atom. The van der Waals surface area contributed by atoms with Crippen molar-refractivity contribution in [2.75, 3.05) is 6.54 Å². The van der Waals surface area contributed by atoms with Gasteiger partial charge in [0.05, 0.1) is 12.1 Å². The van der Waals surface area contributed by atoms with Crippen LogP contribution in [-0.2, 0) is 25.6 Å². The number of phenolic OH excluding ortho intramolecular Hbond substituents is 1. The van der Waals surface area contributed by atoms with E-state index in [0.29, 0.717) is 5.56 Å². The summed E-state index contributed by atoms with van der Waals surface area (Å²) in [6, 6.07) is 2.57. The molecule has 0 aliphatic heterocycles. The zero-order valence-electron chi connectivity index (χ0n) is 22.3. The molecular formula is C27H43N5O6. The van der Waals surface area contributed by atoms with Gasteiger partial charge in [0.2, 0.25) is 17.7 Å². The summed E-state index contributed by atoms with van der Waals surface area (Å²) in [5, 5.41) is 27.6. The van der Waals surface area contributed by atoms with Gasteiger partial charge in [-0.15, -0.1) is 0 Å². The monoisotopic (exact) mass is 533 g/mol. The fourth-order valence-corrected chi connectivity index (χ4v) is 4.74. The van der Waals surface area contributed by atoms with Crippen LogP contribution in [0.15, 0.2) is 24.3 Å². The summed E-state index contributed by atoms with van der Waals surface area (Å²) in [7, 11) is 0. The number of rotatable bonds is 14. The van der Waals surface area contributed by atoms with E-state index in [-0.39, 0.29) is 55.2 Å². The van der Waals surface area contributed by atoms with Crippen LogP contribution in [0.1, 0.15) is 64.4 Å². The number of nitrogens with one attached hydrogen (secondary N) is 3. The Kier molecular flexibility index (Phi) is 12.6. The lowest BCUT2D eigenvalue weighted by molar-refractivity contribution is -0.135. The number of ketones is 1. The number of aliphatic hydroxyl groups is 1. The molecule has 1 aromatic rings. The molecule has 0 saturated heterocycles. The topological polar surface area (TPSA) is 197 Å². The number of hydrogen-bond acceptors (Lipinski definition) is 8. The van der Waals surface area contributed by atoms with Gasteiger partial charge in [-0.3, -0.25) is 19.2 Å². The van der Waals surface area contributed by atoms with Crippen LogP contribution in [0.4, 0.5) is 0 Å². The van der Waals surface area contributed by atoms with E-state index in [2.05, 4.69) is 16.0 Å². The highest BCUT2D eigenvalue weighted by atomic mass is 16.3. The molecule has 2 unspecified atom stereocenters. The Bertz CT molecular complexity index is 932. The van der Waals surface area contributed by atoms with Crippen LogP contribution < -0.4 is 27.4 Å². The van der Waals surface area contributed by atoms with Crippen molar-refractivity contribution in [3.05, 3.63) is 29.8 Å². The Balaban J connectivity index is 2.15. The van der Waals surface area contributed by atoms with E-state index < -0.39 is 36.0 Å². The van der Waals surface area contributed by atoms with Gasteiger partial charge in [-0.05, 0) is 63.3 Å². The predicted octanol–water partition coefficient (Wildman–Crippen LogP) is 0.00540. The second kappa shape index (κ2) is 15.4. The number of Topliss-reactive ketones (excluding diaryl/α,β-unsaturated/α-hetero) is 1. The molecule has 11 heteroatoms. The number of aromatic hydroxyl groups is 1. The maximum atomic E-state index is 13.3. The van der Waals surface area contributed by atoms with E-state index in [1.54, 1.807) is 12.1 Å². The third kappa shape index (κ3) is 10.0. The molecule has 5 atom stereocenters. The van der Waals surface area contributed by atoms with Crippen LogP contribution in [-0.4, -0.2) is 70.5 Å². The van der Waals surface area contributed by atoms with Gasteiger partial charge in [0.15, 0.2) is 5.78 Å². The minimum atomic E-state index is -1.37. The normalized spacial score (nSPS) is 17.9. The van der Waals surface area contributed by atoms with Crippen molar-refractivity contribution in [1.82, 2.24) is 16.0 Å². The molecule has 1 aromatic carbocycles. The summed E-state index contributed by atoms with van der Waals surface area (Å²) in [5.41, 5.74) is 12.5. The zero-order valence-corrected chi connectivity index (χ0v) is 22.3. The molecule has 38 heavy (non-hydrogen) atoms. The van der Waals surface area contributed by atoms with Crippen LogP contribution >= 0.6 is 0 Å². The van der Waals surface area contributed by atoms with Crippen molar-refractivity contribution in [2.24, 2.45) is 17.4 Å². The number of amides is 3. The van der Waals surface area contributed by atoms with Crippen molar-refractivity contribution in [2.45, 2.75) is 95.5 Å². The Labute approximate surface area is 224 Å². The van der Waals surface area contributed by atoms with Gasteiger partial charge in [-0.1, -0.05) is 31.4 Å². The van der Waals surface area contributed by atoms with Gasteiger partial charge in [0.1, 0.15) is 17.8 Å². The third-order valence-electron chi connectivity index (χ3n) is 7.03. The van der Waals surface area contributed by atoms with Crippen LogP contribution in [0.5, 0.6) is 5.75 Å². The smallest absolute Gasteiger partial charge is 0.245 e. The number of aliphatic hydroxyl groups excluding tert-OH is 1. The van der Waals surface area contributed by atoms with E-state index in [4.69, 9.17) is 11.5 Å². The first-order valence-electron chi connectivity index (χ1n) is 13.3. The number of phenols is 1. The van der Waals surface area contributed by atoms with Gasteiger partial charge in [-0.2, -0.15) is 0 Å². The van der Waals surface area contributed by atoms with Crippen molar-refractivity contribution in [3.63, 3.8) is 0 Å². The number of hydrogen-bond donors (Lipinski definition) is 7. The molecule has 0 bridgehead atoms. The first kappa shape index (κ1) is 31.2. The second-order valence-corrected chi connectivity index (χ2v) is 10.2. The maximum absolute atomic E-state index is 13.3. The molecule has 0 aromatic heterocycles. The molecule has 1 saturated carbocycles. The van der Waals surface area contributed by atoms with E-state index in [1.165, 1.54) is 32.4 Å². The van der Waals surface area contributed by atoms with E-state index in [9.17, 15) is 29.4 Å². The van der Waals surface area contributed by atoms with Gasteiger partial charge in [-0.25, -0.2) is 0 Å². The molecule has 1 fully saturated rings. The van der Waals surface area contributed by atoms with Crippen molar-refractivity contribution < 1.29 is 29.4 Å². The van der Waals surface area contributed by atoms with E-state index >= 15 is 0 Å². The molecular weight excluding hydrogens is 490 g/mol. The summed E-state index contributed by atoms with van der Waals surface area (Å²) in [6.45, 7) is 2.82. The lowest BCUT2D eigenvalue weighted by atomic mass is 9.83. The van der Waals surface area contributed by atoms with E-state index in [0.717, 1.165) is 25.7 Å². The lowest BCUT2D eigenvalue weighted by Crippen LogP contribution is -2.59. The van der Waals surface area contributed by atoms with Gasteiger partial charge >= 0.3 is 0 Å². The van der Waals surface area contributed by atoms with E-state index in [1.807, 2.05) is 0 Å². The van der Waals surface area contributed by atoms with Crippen LogP contribution in [0, 0.1) is 5.92 Å². The molecule has 1 aliphatic rings. The lowest BCUT2D eigenvalue weighted by Gasteiger charge is -2.28. The average molecular weight is 534 g/mol. The quantitative estimate of drug-likeness (QED) is 0.173. The second-order valence-electron chi connectivity index (χ2n) is 10.2. The molecule has 212 valence electrons. The van der Waals surface area contributed by atoms with Crippen molar-refractivity contribution in [3.8, 4) is 5.75 Å². The molecule has 3 amide bonds. The molecule has 11 nitrogen and oxygen atoms in total. The highest BCUT2D eigenvalue weighted by Gasteiger charge is 2.32. The molecule has 0 radical (unpaired) electrons. The number of carbonyl (C=O) groups is 4. The molecule has 9 N–H and O–H groups in total. The van der Waals surface area contributed by atoms with Crippen LogP contribution in [0.3, 0.4) is 0 Å². The van der Waals surface area contributed by atoms with Crippen LogP contribution in [0.2, 0.25) is 0 Å². The summed E-state index contributed by atoms with van der Waals surface area (Å²) >= 11 is 0. The first-order chi connectivity index (χ1) is 18.0. The first-order valence-corrected chi connectivity index (χ1v) is 13.3. The van der Waals surface area contributed by atoms with Gasteiger partial charge in [0.25, 0.3) is 0 Å². The highest BCUT2D eigenvalue weighted by Crippen LogP contribution is 2.26.